The molecule has 0 aliphatic heterocycles. The van der Waals surface area contributed by atoms with Crippen LogP contribution in [0.1, 0.15) is 5.56 Å². The Morgan fingerprint density at radius 2 is 0.963 bits per heavy atom. The van der Waals surface area contributed by atoms with Crippen molar-refractivity contribution in [3.8, 4) is 61.7 Å². The average molecular weight is 690 g/mol. The molecular weight excluding hydrogens is 655 g/mol. The summed E-state index contributed by atoms with van der Waals surface area (Å²) in [4.78, 5) is 10.2. The van der Waals surface area contributed by atoms with Crippen LogP contribution in [0.3, 0.4) is 0 Å². The molecule has 0 aliphatic carbocycles. The Labute approximate surface area is 314 Å². The number of aryl methyl sites for hydroxylation is 1. The van der Waals surface area contributed by atoms with Gasteiger partial charge < -0.3 is 0 Å². The first kappa shape index (κ1) is 31.6. The molecule has 2 heterocycles. The van der Waals surface area contributed by atoms with Crippen molar-refractivity contribution in [2.75, 3.05) is 0 Å². The van der Waals surface area contributed by atoms with E-state index in [2.05, 4.69) is 193 Å². The molecule has 8 aromatic carbocycles. The maximum absolute atomic E-state index is 5.26. The highest BCUT2D eigenvalue weighted by atomic mass is 15.2. The molecule has 2 aromatic heterocycles. The van der Waals surface area contributed by atoms with E-state index in [-0.39, 0.29) is 0 Å². The summed E-state index contributed by atoms with van der Waals surface area (Å²) in [7, 11) is 0. The van der Waals surface area contributed by atoms with Gasteiger partial charge in [-0.3, -0.25) is 4.57 Å². The minimum absolute atomic E-state index is 0.648. The highest BCUT2D eigenvalue weighted by Gasteiger charge is 2.19. The smallest absolute Gasteiger partial charge is 0.235 e. The summed E-state index contributed by atoms with van der Waals surface area (Å²) in [5.74, 6) is 0.648. The van der Waals surface area contributed by atoms with Gasteiger partial charge in [0.1, 0.15) is 0 Å². The SMILES string of the molecule is Cc1ccc(-c2cccc(-c3ccnc(-n4c5ccc(-c6cc(-c7ccccc7)cc(-c7ccccc7)c6)cc5c5ccc6ccccc6c54)n3)c2)cc1. The number of aromatic nitrogens is 3. The minimum atomic E-state index is 0.648. The van der Waals surface area contributed by atoms with Crippen molar-refractivity contribution in [2.24, 2.45) is 0 Å². The van der Waals surface area contributed by atoms with Crippen molar-refractivity contribution >= 4 is 32.6 Å². The summed E-state index contributed by atoms with van der Waals surface area (Å²) in [5, 5.41) is 4.68. The topological polar surface area (TPSA) is 30.7 Å². The Morgan fingerprint density at radius 3 is 1.70 bits per heavy atom. The molecule has 0 unspecified atom stereocenters. The first-order valence-electron chi connectivity index (χ1n) is 18.4. The molecule has 0 saturated carbocycles. The molecule has 0 spiro atoms. The van der Waals surface area contributed by atoms with E-state index in [0.717, 1.165) is 38.8 Å². The molecule has 0 fully saturated rings. The molecule has 0 atom stereocenters. The van der Waals surface area contributed by atoms with Crippen LogP contribution in [0.15, 0.2) is 194 Å². The van der Waals surface area contributed by atoms with Crippen LogP contribution in [0.2, 0.25) is 0 Å². The average Bonchev–Trinajstić information content (AvgIpc) is 3.59. The van der Waals surface area contributed by atoms with Gasteiger partial charge in [-0.15, -0.1) is 0 Å². The second-order valence-electron chi connectivity index (χ2n) is 14.0. The summed E-state index contributed by atoms with van der Waals surface area (Å²) < 4.78 is 2.25. The van der Waals surface area contributed by atoms with Crippen LogP contribution in [-0.2, 0) is 0 Å². The first-order chi connectivity index (χ1) is 26.7. The van der Waals surface area contributed by atoms with Crippen molar-refractivity contribution in [3.63, 3.8) is 0 Å². The number of fused-ring (bicyclic) bond motifs is 5. The van der Waals surface area contributed by atoms with Crippen LogP contribution in [0.4, 0.5) is 0 Å². The third kappa shape index (κ3) is 5.64. The minimum Gasteiger partial charge on any atom is -0.277 e. The van der Waals surface area contributed by atoms with E-state index in [1.54, 1.807) is 0 Å². The van der Waals surface area contributed by atoms with Gasteiger partial charge in [0.25, 0.3) is 0 Å². The van der Waals surface area contributed by atoms with E-state index < -0.39 is 0 Å². The number of benzene rings is 8. The van der Waals surface area contributed by atoms with Gasteiger partial charge in [0, 0.05) is 27.9 Å². The van der Waals surface area contributed by atoms with Crippen molar-refractivity contribution in [1.82, 2.24) is 14.5 Å². The lowest BCUT2D eigenvalue weighted by Gasteiger charge is -2.12. The summed E-state index contributed by atoms with van der Waals surface area (Å²) in [5.41, 5.74) is 14.8. The van der Waals surface area contributed by atoms with E-state index in [0.29, 0.717) is 5.95 Å². The van der Waals surface area contributed by atoms with Gasteiger partial charge in [-0.05, 0) is 99.3 Å². The molecule has 10 aromatic rings. The Balaban J connectivity index is 1.16. The molecule has 54 heavy (non-hydrogen) atoms. The van der Waals surface area contributed by atoms with Crippen molar-refractivity contribution in [2.45, 2.75) is 6.92 Å². The fourth-order valence-corrected chi connectivity index (χ4v) is 7.78. The number of hydrogen-bond acceptors (Lipinski definition) is 2. The summed E-state index contributed by atoms with van der Waals surface area (Å²) in [6.45, 7) is 2.12. The predicted molar refractivity (Wildman–Crippen MR) is 226 cm³/mol. The maximum atomic E-state index is 5.26. The van der Waals surface area contributed by atoms with Gasteiger partial charge >= 0.3 is 0 Å². The second kappa shape index (κ2) is 13.1. The molecule has 0 saturated heterocycles. The first-order valence-corrected chi connectivity index (χ1v) is 18.4. The van der Waals surface area contributed by atoms with Crippen LogP contribution in [-0.4, -0.2) is 14.5 Å². The van der Waals surface area contributed by atoms with Crippen LogP contribution in [0, 0.1) is 6.92 Å². The Morgan fingerprint density at radius 1 is 0.389 bits per heavy atom. The maximum Gasteiger partial charge on any atom is 0.235 e. The molecule has 0 N–H and O–H groups in total. The summed E-state index contributed by atoms with van der Waals surface area (Å²) >= 11 is 0. The van der Waals surface area contributed by atoms with Crippen molar-refractivity contribution in [3.05, 3.63) is 200 Å². The van der Waals surface area contributed by atoms with E-state index in [1.807, 2.05) is 12.3 Å². The summed E-state index contributed by atoms with van der Waals surface area (Å²) in [6.07, 6.45) is 1.88. The van der Waals surface area contributed by atoms with Crippen LogP contribution >= 0.6 is 0 Å². The second-order valence-corrected chi connectivity index (χ2v) is 14.0. The van der Waals surface area contributed by atoms with Crippen LogP contribution in [0.5, 0.6) is 0 Å². The quantitative estimate of drug-likeness (QED) is 0.174. The zero-order valence-electron chi connectivity index (χ0n) is 29.8. The van der Waals surface area contributed by atoms with E-state index in [4.69, 9.17) is 9.97 Å². The zero-order valence-corrected chi connectivity index (χ0v) is 29.8. The molecule has 0 bridgehead atoms. The predicted octanol–water partition coefficient (Wildman–Crippen LogP) is 13.4. The Bertz CT molecular complexity index is 2920. The molecule has 3 heteroatoms. The number of rotatable bonds is 6. The lowest BCUT2D eigenvalue weighted by Crippen LogP contribution is -2.02. The van der Waals surface area contributed by atoms with Crippen LogP contribution < -0.4 is 0 Å². The zero-order chi connectivity index (χ0) is 36.0. The largest absolute Gasteiger partial charge is 0.277 e. The normalized spacial score (nSPS) is 11.4. The molecule has 0 aliphatic rings. The third-order valence-electron chi connectivity index (χ3n) is 10.5. The highest BCUT2D eigenvalue weighted by Crippen LogP contribution is 2.40. The van der Waals surface area contributed by atoms with Gasteiger partial charge in [0.2, 0.25) is 5.95 Å². The Kier molecular flexibility index (Phi) is 7.70. The standard InChI is InChI=1S/C51H35N3/c1-34-19-21-37(22-20-34)39-16-10-17-41(29-39)48-27-28-52-51(53-48)54-49-26-24-40(33-47(49)46-25-23-38-15-8-9-18-45(38)50(46)54)44-31-42(35-11-4-2-5-12-35)30-43(32-44)36-13-6-3-7-14-36/h2-33H,1H3. The number of hydrogen-bond donors (Lipinski definition) is 0. The summed E-state index contributed by atoms with van der Waals surface area (Å²) in [6, 6.07) is 67.4. The Hall–Kier alpha value is -7.10. The number of nitrogens with zero attached hydrogens (tertiary/aromatic N) is 3. The van der Waals surface area contributed by atoms with Gasteiger partial charge in [-0.2, -0.15) is 0 Å². The van der Waals surface area contributed by atoms with E-state index in [9.17, 15) is 0 Å². The molecule has 0 radical (unpaired) electrons. The fraction of sp³-hybridized carbons (Fsp3) is 0.0196. The molecule has 0 amide bonds. The van der Waals surface area contributed by atoms with E-state index in [1.165, 1.54) is 55.1 Å². The molecular formula is C51H35N3. The van der Waals surface area contributed by atoms with Gasteiger partial charge in [0.05, 0.1) is 16.7 Å². The van der Waals surface area contributed by atoms with Gasteiger partial charge in [-0.1, -0.05) is 151 Å². The fourth-order valence-electron chi connectivity index (χ4n) is 7.78. The lowest BCUT2D eigenvalue weighted by atomic mass is 9.93. The molecule has 10 rings (SSSR count). The van der Waals surface area contributed by atoms with Gasteiger partial charge in [-0.25, -0.2) is 9.97 Å². The van der Waals surface area contributed by atoms with E-state index >= 15 is 0 Å². The lowest BCUT2D eigenvalue weighted by molar-refractivity contribution is 0.994. The monoisotopic (exact) mass is 689 g/mol. The van der Waals surface area contributed by atoms with Crippen molar-refractivity contribution in [1.29, 1.82) is 0 Å². The van der Waals surface area contributed by atoms with Crippen molar-refractivity contribution < 1.29 is 0 Å². The third-order valence-corrected chi connectivity index (χ3v) is 10.5. The molecule has 3 nitrogen and oxygen atoms in total. The molecule has 254 valence electrons. The van der Waals surface area contributed by atoms with Gasteiger partial charge in [0.15, 0.2) is 0 Å². The van der Waals surface area contributed by atoms with Crippen LogP contribution in [0.25, 0.3) is 94.3 Å². The highest BCUT2D eigenvalue weighted by molar-refractivity contribution is 6.19.